The van der Waals surface area contributed by atoms with Crippen molar-refractivity contribution in [1.29, 1.82) is 0 Å². The Bertz CT molecular complexity index is 978. The topological polar surface area (TPSA) is 26.8 Å². The molecule has 2 aromatic carbocycles. The molecule has 0 saturated carbocycles. The lowest BCUT2D eigenvalue weighted by Crippen LogP contribution is -3.12. The minimum atomic E-state index is 0.679. The molecule has 3 rings (SSSR count). The molecule has 0 atom stereocenters. The fourth-order valence-electron chi connectivity index (χ4n) is 4.13. The minimum absolute atomic E-state index is 0.679. The molecule has 170 valence electrons. The van der Waals surface area contributed by atoms with Crippen LogP contribution in [0.3, 0.4) is 0 Å². The Morgan fingerprint density at radius 2 is 1.22 bits per heavy atom. The van der Waals surface area contributed by atoms with Gasteiger partial charge in [0.25, 0.3) is 0 Å². The summed E-state index contributed by atoms with van der Waals surface area (Å²) in [7, 11) is 0. The van der Waals surface area contributed by atoms with Gasteiger partial charge < -0.3 is 14.4 Å². The van der Waals surface area contributed by atoms with Gasteiger partial charge in [0.05, 0.1) is 26.3 Å². The van der Waals surface area contributed by atoms with Crippen LogP contribution in [0.1, 0.15) is 33.4 Å². The van der Waals surface area contributed by atoms with Gasteiger partial charge in [0.1, 0.15) is 18.0 Å². The van der Waals surface area contributed by atoms with E-state index in [-0.39, 0.29) is 0 Å². The number of quaternary nitrogens is 1. The van der Waals surface area contributed by atoms with Gasteiger partial charge in [-0.15, -0.1) is 0 Å². The van der Waals surface area contributed by atoms with E-state index in [9.17, 15) is 0 Å². The van der Waals surface area contributed by atoms with E-state index in [2.05, 4.69) is 86.0 Å². The van der Waals surface area contributed by atoms with Crippen molar-refractivity contribution in [2.24, 2.45) is 0 Å². The van der Waals surface area contributed by atoms with Crippen molar-refractivity contribution in [2.45, 2.75) is 41.2 Å². The van der Waals surface area contributed by atoms with Gasteiger partial charge in [0, 0.05) is 24.6 Å². The standard InChI is InChI=1S/C28H37N2O2/c1-6-29(7-2)18-19-30-22(5)20-25(23-10-14-26(15-11-23)31-8-3)21-28(30)24-12-16-27(17-13-24)32-9-4/h10-17,20-21H,6-9,18-19H2,1-5H3/q+1/p+1. The summed E-state index contributed by atoms with van der Waals surface area (Å²) in [5.41, 5.74) is 6.14. The fourth-order valence-corrected chi connectivity index (χ4v) is 4.13. The van der Waals surface area contributed by atoms with Crippen LogP contribution in [0.2, 0.25) is 0 Å². The summed E-state index contributed by atoms with van der Waals surface area (Å²) in [4.78, 5) is 1.62. The second-order valence-corrected chi connectivity index (χ2v) is 8.04. The molecule has 0 unspecified atom stereocenters. The van der Waals surface area contributed by atoms with Crippen LogP contribution >= 0.6 is 0 Å². The molecule has 3 aromatic rings. The van der Waals surface area contributed by atoms with Crippen molar-refractivity contribution < 1.29 is 18.9 Å². The van der Waals surface area contributed by atoms with E-state index < -0.39 is 0 Å². The van der Waals surface area contributed by atoms with Gasteiger partial charge in [-0.05, 0) is 75.2 Å². The van der Waals surface area contributed by atoms with E-state index in [0.717, 1.165) is 37.7 Å². The van der Waals surface area contributed by atoms with Crippen molar-refractivity contribution in [2.75, 3.05) is 32.8 Å². The normalized spacial score (nSPS) is 11.1. The number of likely N-dealkylation sites (N-methyl/N-ethyl adjacent to an activating group) is 1. The first kappa shape index (κ1) is 23.8. The highest BCUT2D eigenvalue weighted by molar-refractivity contribution is 5.70. The molecule has 0 amide bonds. The highest BCUT2D eigenvalue weighted by Crippen LogP contribution is 2.28. The number of aryl methyl sites for hydroxylation is 1. The molecule has 0 fully saturated rings. The van der Waals surface area contributed by atoms with Crippen molar-refractivity contribution in [1.82, 2.24) is 0 Å². The zero-order valence-electron chi connectivity index (χ0n) is 20.3. The first-order valence-electron chi connectivity index (χ1n) is 11.9. The van der Waals surface area contributed by atoms with Gasteiger partial charge in [-0.3, -0.25) is 0 Å². The Labute approximate surface area is 193 Å². The molecule has 0 bridgehead atoms. The molecule has 0 aliphatic carbocycles. The summed E-state index contributed by atoms with van der Waals surface area (Å²) >= 11 is 0. The first-order chi connectivity index (χ1) is 15.6. The van der Waals surface area contributed by atoms with Crippen LogP contribution in [0.25, 0.3) is 22.4 Å². The zero-order valence-corrected chi connectivity index (χ0v) is 20.3. The number of hydrogen-bond acceptors (Lipinski definition) is 2. The second-order valence-electron chi connectivity index (χ2n) is 8.04. The maximum Gasteiger partial charge on any atom is 0.213 e. The lowest BCUT2D eigenvalue weighted by atomic mass is 10.0. The van der Waals surface area contributed by atoms with Gasteiger partial charge in [-0.2, -0.15) is 4.57 Å². The molecular formula is C28H38N2O2+2. The molecule has 1 heterocycles. The van der Waals surface area contributed by atoms with Gasteiger partial charge in [0.2, 0.25) is 5.69 Å². The molecule has 4 heteroatoms. The van der Waals surface area contributed by atoms with Crippen molar-refractivity contribution >= 4 is 0 Å². The number of hydrogen-bond donors (Lipinski definition) is 1. The Morgan fingerprint density at radius 3 is 1.72 bits per heavy atom. The molecule has 0 aliphatic heterocycles. The third kappa shape index (κ3) is 5.89. The predicted molar refractivity (Wildman–Crippen MR) is 131 cm³/mol. The maximum atomic E-state index is 5.66. The Hall–Kier alpha value is -2.85. The molecular weight excluding hydrogens is 396 g/mol. The lowest BCUT2D eigenvalue weighted by molar-refractivity contribution is -0.915. The third-order valence-corrected chi connectivity index (χ3v) is 6.02. The number of nitrogens with one attached hydrogen (secondary N) is 1. The summed E-state index contributed by atoms with van der Waals surface area (Å²) in [5.74, 6) is 1.82. The SMILES string of the molecule is CCOc1ccc(-c2cc(C)[n+](CC[NH+](CC)CC)c(-c3ccc(OCC)cc3)c2)cc1. The van der Waals surface area contributed by atoms with E-state index >= 15 is 0 Å². The second kappa shape index (κ2) is 11.7. The Kier molecular flexibility index (Phi) is 8.69. The van der Waals surface area contributed by atoms with Crippen molar-refractivity contribution in [3.05, 3.63) is 66.4 Å². The third-order valence-electron chi connectivity index (χ3n) is 6.02. The van der Waals surface area contributed by atoms with Crippen LogP contribution in [0, 0.1) is 6.92 Å². The Morgan fingerprint density at radius 1 is 0.688 bits per heavy atom. The molecule has 4 nitrogen and oxygen atoms in total. The smallest absolute Gasteiger partial charge is 0.213 e. The fraction of sp³-hybridized carbons (Fsp3) is 0.393. The molecule has 0 aliphatic rings. The van der Waals surface area contributed by atoms with Crippen LogP contribution in [0.5, 0.6) is 11.5 Å². The highest BCUT2D eigenvalue weighted by atomic mass is 16.5. The average Bonchev–Trinajstić information content (AvgIpc) is 2.82. The molecule has 0 spiro atoms. The van der Waals surface area contributed by atoms with Crippen LogP contribution in [-0.4, -0.2) is 32.8 Å². The number of ether oxygens (including phenoxy) is 2. The summed E-state index contributed by atoms with van der Waals surface area (Å²) in [6.07, 6.45) is 0. The van der Waals surface area contributed by atoms with E-state index in [0.29, 0.717) is 13.2 Å². The van der Waals surface area contributed by atoms with Gasteiger partial charge >= 0.3 is 0 Å². The monoisotopic (exact) mass is 434 g/mol. The number of aromatic nitrogens is 1. The first-order valence-corrected chi connectivity index (χ1v) is 11.9. The zero-order chi connectivity index (χ0) is 22.9. The average molecular weight is 435 g/mol. The van der Waals surface area contributed by atoms with Gasteiger partial charge in [-0.25, -0.2) is 0 Å². The molecule has 1 N–H and O–H groups in total. The number of nitrogens with zero attached hydrogens (tertiary/aromatic N) is 1. The number of rotatable bonds is 11. The minimum Gasteiger partial charge on any atom is -0.494 e. The lowest BCUT2D eigenvalue weighted by Gasteiger charge is -2.16. The van der Waals surface area contributed by atoms with Crippen LogP contribution in [0.15, 0.2) is 60.7 Å². The van der Waals surface area contributed by atoms with Crippen LogP contribution in [0.4, 0.5) is 0 Å². The van der Waals surface area contributed by atoms with Crippen molar-refractivity contribution in [3.8, 4) is 33.9 Å². The summed E-state index contributed by atoms with van der Waals surface area (Å²) in [6.45, 7) is 16.5. The van der Waals surface area contributed by atoms with Crippen LogP contribution in [-0.2, 0) is 6.54 Å². The van der Waals surface area contributed by atoms with Crippen molar-refractivity contribution in [3.63, 3.8) is 0 Å². The largest absolute Gasteiger partial charge is 0.494 e. The van der Waals surface area contributed by atoms with E-state index in [1.54, 1.807) is 4.90 Å². The van der Waals surface area contributed by atoms with Gasteiger partial charge in [0.15, 0.2) is 12.2 Å². The molecule has 1 aromatic heterocycles. The number of benzene rings is 2. The van der Waals surface area contributed by atoms with Gasteiger partial charge in [-0.1, -0.05) is 12.1 Å². The maximum absolute atomic E-state index is 5.66. The summed E-state index contributed by atoms with van der Waals surface area (Å²) < 4.78 is 13.7. The number of pyridine rings is 1. The van der Waals surface area contributed by atoms with E-state index in [1.165, 1.54) is 28.1 Å². The highest BCUT2D eigenvalue weighted by Gasteiger charge is 2.20. The summed E-state index contributed by atoms with van der Waals surface area (Å²) in [6, 6.07) is 21.5. The van der Waals surface area contributed by atoms with E-state index in [1.807, 2.05) is 13.8 Å². The summed E-state index contributed by atoms with van der Waals surface area (Å²) in [5, 5.41) is 0. The molecule has 32 heavy (non-hydrogen) atoms. The van der Waals surface area contributed by atoms with E-state index in [4.69, 9.17) is 9.47 Å². The quantitative estimate of drug-likeness (QED) is 0.455. The molecule has 0 radical (unpaired) electrons. The Balaban J connectivity index is 2.02. The van der Waals surface area contributed by atoms with Crippen LogP contribution < -0.4 is 18.9 Å². The molecule has 0 saturated heterocycles. The predicted octanol–water partition coefficient (Wildman–Crippen LogP) is 4.34.